The topological polar surface area (TPSA) is 20.2 Å². The maximum Gasteiger partial charge on any atom is 0.115 e. The molecule has 0 unspecified atom stereocenters. The lowest BCUT2D eigenvalue weighted by Crippen LogP contribution is -1.56. The molecule has 3 rings (SSSR count). The molecule has 0 atom stereocenters. The van der Waals surface area contributed by atoms with Crippen molar-refractivity contribution >= 4 is 11.8 Å². The standard InChI is InChI=1S/C6H6O.C6H4S/c7-6-4-2-1-3-5-6;1-2-4-6-5(3-1)7-6/h1-5,7H;1-4H. The second-order valence-corrected chi connectivity index (χ2v) is 3.97. The molecule has 0 saturated heterocycles. The molecule has 1 heterocycles. The highest BCUT2D eigenvalue weighted by molar-refractivity contribution is 8.04. The van der Waals surface area contributed by atoms with Gasteiger partial charge in [-0.3, -0.25) is 0 Å². The van der Waals surface area contributed by atoms with E-state index in [0.29, 0.717) is 5.75 Å². The Morgan fingerprint density at radius 3 is 1.57 bits per heavy atom. The molecule has 2 aromatic carbocycles. The number of phenols is 1. The van der Waals surface area contributed by atoms with Gasteiger partial charge in [0.1, 0.15) is 5.75 Å². The van der Waals surface area contributed by atoms with Gasteiger partial charge in [0.15, 0.2) is 0 Å². The van der Waals surface area contributed by atoms with Crippen LogP contribution in [0.2, 0.25) is 0 Å². The number of hydrogen-bond acceptors (Lipinski definition) is 2. The van der Waals surface area contributed by atoms with E-state index in [1.165, 1.54) is 9.79 Å². The van der Waals surface area contributed by atoms with Gasteiger partial charge in [0, 0.05) is 9.79 Å². The summed E-state index contributed by atoms with van der Waals surface area (Å²) in [5, 5.41) is 8.63. The number of para-hydroxylation sites is 1. The van der Waals surface area contributed by atoms with Crippen molar-refractivity contribution in [1.29, 1.82) is 0 Å². The van der Waals surface area contributed by atoms with Crippen LogP contribution in [0.15, 0.2) is 64.4 Å². The van der Waals surface area contributed by atoms with E-state index in [1.807, 2.05) is 17.8 Å². The monoisotopic (exact) mass is 202 g/mol. The van der Waals surface area contributed by atoms with Crippen LogP contribution in [0.1, 0.15) is 0 Å². The highest BCUT2D eigenvalue weighted by atomic mass is 32.2. The molecule has 2 aromatic rings. The maximum atomic E-state index is 8.63. The average molecular weight is 202 g/mol. The molecule has 0 spiro atoms. The quantitative estimate of drug-likeness (QED) is 0.563. The van der Waals surface area contributed by atoms with E-state index in [1.54, 1.807) is 24.3 Å². The number of rotatable bonds is 0. The van der Waals surface area contributed by atoms with Crippen LogP contribution in [0.25, 0.3) is 0 Å². The fourth-order valence-electron chi connectivity index (χ4n) is 1.04. The van der Waals surface area contributed by atoms with Crippen LogP contribution in [0.4, 0.5) is 0 Å². The van der Waals surface area contributed by atoms with Crippen LogP contribution in [0, 0.1) is 0 Å². The van der Waals surface area contributed by atoms with Crippen molar-refractivity contribution in [2.24, 2.45) is 0 Å². The zero-order valence-electron chi connectivity index (χ0n) is 7.55. The highest BCUT2D eigenvalue weighted by Crippen LogP contribution is 2.47. The van der Waals surface area contributed by atoms with Gasteiger partial charge >= 0.3 is 0 Å². The van der Waals surface area contributed by atoms with Gasteiger partial charge in [-0.1, -0.05) is 42.1 Å². The van der Waals surface area contributed by atoms with Crippen LogP contribution in [-0.2, 0) is 0 Å². The zero-order valence-corrected chi connectivity index (χ0v) is 8.37. The smallest absolute Gasteiger partial charge is 0.115 e. The first-order valence-corrected chi connectivity index (χ1v) is 5.19. The third-order valence-corrected chi connectivity index (χ3v) is 2.73. The largest absolute Gasteiger partial charge is 0.508 e. The Morgan fingerprint density at radius 2 is 1.21 bits per heavy atom. The summed E-state index contributed by atoms with van der Waals surface area (Å²) >= 11 is 1.86. The Kier molecular flexibility index (Phi) is 2.75. The second-order valence-electron chi connectivity index (χ2n) is 2.88. The average Bonchev–Trinajstić information content (AvgIpc) is 2.98. The molecule has 0 saturated carbocycles. The van der Waals surface area contributed by atoms with Gasteiger partial charge in [-0.25, -0.2) is 0 Å². The summed E-state index contributed by atoms with van der Waals surface area (Å²) in [5.41, 5.74) is 0. The van der Waals surface area contributed by atoms with Gasteiger partial charge < -0.3 is 5.11 Å². The number of fused-ring (bicyclic) bond motifs is 1. The Labute approximate surface area is 87.4 Å². The minimum atomic E-state index is 0.322. The molecule has 1 aliphatic rings. The minimum absolute atomic E-state index is 0.322. The highest BCUT2D eigenvalue weighted by Gasteiger charge is 2.14. The van der Waals surface area contributed by atoms with Crippen molar-refractivity contribution in [2.75, 3.05) is 0 Å². The third kappa shape index (κ3) is 2.54. The molecule has 1 aliphatic heterocycles. The fraction of sp³-hybridized carbons (Fsp3) is 0. The minimum Gasteiger partial charge on any atom is -0.508 e. The van der Waals surface area contributed by atoms with Crippen LogP contribution < -0.4 is 0 Å². The van der Waals surface area contributed by atoms with Gasteiger partial charge in [-0.2, -0.15) is 0 Å². The van der Waals surface area contributed by atoms with Gasteiger partial charge in [0.05, 0.1) is 0 Å². The van der Waals surface area contributed by atoms with E-state index in [-0.39, 0.29) is 0 Å². The van der Waals surface area contributed by atoms with Crippen molar-refractivity contribution in [2.45, 2.75) is 9.79 Å². The number of aromatic hydroxyl groups is 1. The lowest BCUT2D eigenvalue weighted by Gasteiger charge is -1.82. The maximum absolute atomic E-state index is 8.63. The summed E-state index contributed by atoms with van der Waals surface area (Å²) in [5.74, 6) is 0.322. The summed E-state index contributed by atoms with van der Waals surface area (Å²) in [7, 11) is 0. The Bertz CT molecular complexity index is 379. The van der Waals surface area contributed by atoms with Gasteiger partial charge in [-0.05, 0) is 24.3 Å². The van der Waals surface area contributed by atoms with Crippen LogP contribution in [-0.4, -0.2) is 5.11 Å². The van der Waals surface area contributed by atoms with E-state index in [9.17, 15) is 0 Å². The molecule has 0 amide bonds. The lowest BCUT2D eigenvalue weighted by molar-refractivity contribution is 0.475. The molecule has 0 aromatic heterocycles. The van der Waals surface area contributed by atoms with E-state index in [2.05, 4.69) is 24.3 Å². The lowest BCUT2D eigenvalue weighted by atomic mass is 10.3. The second kappa shape index (κ2) is 4.20. The van der Waals surface area contributed by atoms with Crippen molar-refractivity contribution < 1.29 is 5.11 Å². The van der Waals surface area contributed by atoms with Crippen molar-refractivity contribution in [3.63, 3.8) is 0 Å². The van der Waals surface area contributed by atoms with E-state index >= 15 is 0 Å². The van der Waals surface area contributed by atoms with Gasteiger partial charge in [0.2, 0.25) is 0 Å². The molecule has 2 heteroatoms. The molecule has 70 valence electrons. The molecule has 14 heavy (non-hydrogen) atoms. The first-order valence-electron chi connectivity index (χ1n) is 4.37. The number of phenolic OH excluding ortho intramolecular Hbond substituents is 1. The molecular weight excluding hydrogens is 192 g/mol. The van der Waals surface area contributed by atoms with Crippen LogP contribution in [0.3, 0.4) is 0 Å². The van der Waals surface area contributed by atoms with Crippen molar-refractivity contribution in [3.05, 3.63) is 54.6 Å². The van der Waals surface area contributed by atoms with E-state index in [0.717, 1.165) is 0 Å². The Morgan fingerprint density at radius 1 is 0.714 bits per heavy atom. The first-order chi connectivity index (χ1) is 6.86. The van der Waals surface area contributed by atoms with Crippen LogP contribution in [0.5, 0.6) is 5.75 Å². The predicted molar refractivity (Wildman–Crippen MR) is 58.7 cm³/mol. The number of hydrogen-bond donors (Lipinski definition) is 1. The fourth-order valence-corrected chi connectivity index (χ4v) is 1.65. The van der Waals surface area contributed by atoms with Crippen molar-refractivity contribution in [3.8, 4) is 5.75 Å². The van der Waals surface area contributed by atoms with Gasteiger partial charge in [-0.15, -0.1) is 0 Å². The summed E-state index contributed by atoms with van der Waals surface area (Å²) in [6, 6.07) is 17.1. The summed E-state index contributed by atoms with van der Waals surface area (Å²) in [4.78, 5) is 2.89. The Hall–Kier alpha value is -1.41. The molecule has 1 nitrogen and oxygen atoms in total. The molecule has 0 bridgehead atoms. The predicted octanol–water partition coefficient (Wildman–Crippen LogP) is 3.54. The molecule has 0 aliphatic carbocycles. The summed E-state index contributed by atoms with van der Waals surface area (Å²) in [6.07, 6.45) is 0. The van der Waals surface area contributed by atoms with E-state index in [4.69, 9.17) is 5.11 Å². The molecule has 0 radical (unpaired) electrons. The SMILES string of the molecule is Oc1ccccc1.c1ccc2c(c1)S2. The normalized spacial score (nSPS) is 10.9. The first kappa shape index (κ1) is 9.16. The van der Waals surface area contributed by atoms with Gasteiger partial charge in [0.25, 0.3) is 0 Å². The van der Waals surface area contributed by atoms with E-state index < -0.39 is 0 Å². The Balaban J connectivity index is 0.000000107. The molecular formula is C12H10OS. The molecule has 1 N–H and O–H groups in total. The third-order valence-electron chi connectivity index (χ3n) is 1.78. The number of benzene rings is 2. The zero-order chi connectivity index (χ0) is 9.80. The summed E-state index contributed by atoms with van der Waals surface area (Å²) in [6.45, 7) is 0. The van der Waals surface area contributed by atoms with Crippen molar-refractivity contribution in [1.82, 2.24) is 0 Å². The summed E-state index contributed by atoms with van der Waals surface area (Å²) < 4.78 is 0. The van der Waals surface area contributed by atoms with Crippen LogP contribution >= 0.6 is 11.8 Å². The molecule has 0 fully saturated rings.